The van der Waals surface area contributed by atoms with Crippen LogP contribution in [-0.2, 0) is 38.6 Å². The predicted octanol–water partition coefficient (Wildman–Crippen LogP) is 2.33. The van der Waals surface area contributed by atoms with Crippen LogP contribution in [0, 0.1) is 17.2 Å². The second kappa shape index (κ2) is 12.9. The van der Waals surface area contributed by atoms with Gasteiger partial charge in [-0.1, -0.05) is 32.0 Å². The van der Waals surface area contributed by atoms with Crippen molar-refractivity contribution in [2.75, 3.05) is 5.73 Å². The largest absolute Gasteiger partial charge is 0.513 e. The zero-order chi connectivity index (χ0) is 32.2. The van der Waals surface area contributed by atoms with Crippen LogP contribution < -0.4 is 21.0 Å². The van der Waals surface area contributed by atoms with Gasteiger partial charge in [0.1, 0.15) is 29.9 Å². The molecule has 0 radical (unpaired) electrons. The van der Waals surface area contributed by atoms with Crippen LogP contribution in [0.25, 0.3) is 0 Å². The Morgan fingerprint density at radius 3 is 2.42 bits per heavy atom. The van der Waals surface area contributed by atoms with Crippen LogP contribution in [0.15, 0.2) is 59.4 Å². The number of nitrogens with zero attached hydrogens (tertiary/aromatic N) is 3. The van der Waals surface area contributed by atoms with E-state index in [2.05, 4.69) is 10.1 Å². The molecule has 5 atom stereocenters. The molecular weight excluding hydrogens is 585 g/mol. The number of benzene rings is 1. The van der Waals surface area contributed by atoms with Crippen LogP contribution in [0.3, 0.4) is 0 Å². The number of hydrogen-bond acceptors (Lipinski definition) is 13. The number of nitrogens with two attached hydrogens (primary N) is 1. The Morgan fingerprint density at radius 1 is 1.21 bits per heavy atom. The molecular formula is C27H34N5O10P. The molecule has 2 heterocycles. The summed E-state index contributed by atoms with van der Waals surface area (Å²) in [5.41, 5.74) is -0.489. The van der Waals surface area contributed by atoms with E-state index in [4.69, 9.17) is 29.0 Å². The fourth-order valence-electron chi connectivity index (χ4n) is 3.88. The van der Waals surface area contributed by atoms with Crippen molar-refractivity contribution in [3.8, 4) is 11.8 Å². The van der Waals surface area contributed by atoms with E-state index < -0.39 is 66.6 Å². The number of nitrogen functional groups attached to an aromatic ring is 1. The monoisotopic (exact) mass is 619 g/mol. The maximum Gasteiger partial charge on any atom is 0.513 e. The van der Waals surface area contributed by atoms with Crippen molar-refractivity contribution >= 4 is 25.5 Å². The molecule has 0 saturated carbocycles. The number of nitriles is 1. The third-order valence-corrected chi connectivity index (χ3v) is 7.61. The van der Waals surface area contributed by atoms with E-state index in [1.165, 1.54) is 39.0 Å². The van der Waals surface area contributed by atoms with E-state index >= 15 is 0 Å². The van der Waals surface area contributed by atoms with Crippen LogP contribution in [0.5, 0.6) is 5.75 Å². The lowest BCUT2D eigenvalue weighted by Gasteiger charge is -2.34. The summed E-state index contributed by atoms with van der Waals surface area (Å²) >= 11 is 0. The molecule has 1 aromatic carbocycles. The molecule has 232 valence electrons. The van der Waals surface area contributed by atoms with Gasteiger partial charge in [-0.3, -0.25) is 9.59 Å². The van der Waals surface area contributed by atoms with Crippen molar-refractivity contribution in [3.63, 3.8) is 0 Å². The summed E-state index contributed by atoms with van der Waals surface area (Å²) in [4.78, 5) is 41.5. The van der Waals surface area contributed by atoms with Crippen molar-refractivity contribution in [1.82, 2.24) is 14.6 Å². The fraction of sp³-hybridized carbons (Fsp3) is 0.444. The van der Waals surface area contributed by atoms with Gasteiger partial charge >= 0.3 is 31.1 Å². The van der Waals surface area contributed by atoms with Gasteiger partial charge in [0.05, 0.1) is 12.0 Å². The first-order chi connectivity index (χ1) is 20.0. The van der Waals surface area contributed by atoms with E-state index in [0.717, 1.165) is 13.1 Å². The van der Waals surface area contributed by atoms with E-state index in [1.54, 1.807) is 38.1 Å². The quantitative estimate of drug-likeness (QED) is 0.187. The van der Waals surface area contributed by atoms with Crippen molar-refractivity contribution in [1.29, 1.82) is 5.26 Å². The molecule has 5 unspecified atom stereocenters. The number of carbonyl (C=O) groups is 2. The highest BCUT2D eigenvalue weighted by molar-refractivity contribution is 7.52. The molecule has 2 aromatic rings. The number of anilines is 1. The van der Waals surface area contributed by atoms with Crippen LogP contribution in [0.4, 0.5) is 5.82 Å². The number of aliphatic hydroxyl groups is 1. The molecule has 1 aliphatic rings. The molecule has 1 aliphatic heterocycles. The summed E-state index contributed by atoms with van der Waals surface area (Å²) in [6.07, 6.45) is -0.454. The molecule has 3 rings (SSSR count). The lowest BCUT2D eigenvalue weighted by molar-refractivity contribution is -0.173. The lowest BCUT2D eigenvalue weighted by Crippen LogP contribution is -2.58. The number of carbonyl (C=O) groups excluding carboxylic acids is 2. The van der Waals surface area contributed by atoms with Gasteiger partial charge in [-0.15, -0.1) is 0 Å². The summed E-state index contributed by atoms with van der Waals surface area (Å²) < 4.78 is 42.2. The van der Waals surface area contributed by atoms with Crippen LogP contribution in [-0.4, -0.2) is 50.4 Å². The Morgan fingerprint density at radius 2 is 1.86 bits per heavy atom. The Bertz CT molecular complexity index is 1520. The van der Waals surface area contributed by atoms with Crippen LogP contribution in [0.1, 0.15) is 41.5 Å². The first-order valence-electron chi connectivity index (χ1n) is 13.2. The Hall–Kier alpha value is -4.38. The normalized spacial score (nSPS) is 24.5. The second-order valence-electron chi connectivity index (χ2n) is 10.3. The zero-order valence-electron chi connectivity index (χ0n) is 24.4. The van der Waals surface area contributed by atoms with Gasteiger partial charge in [-0.25, -0.2) is 13.9 Å². The maximum atomic E-state index is 14.0. The number of ether oxygens (including phenoxy) is 3. The minimum Gasteiger partial charge on any atom is -0.462 e. The van der Waals surface area contributed by atoms with Crippen molar-refractivity contribution in [3.05, 3.63) is 65.1 Å². The van der Waals surface area contributed by atoms with Gasteiger partial charge in [-0.05, 0) is 45.9 Å². The van der Waals surface area contributed by atoms with Gasteiger partial charge in [0.2, 0.25) is 0 Å². The molecule has 0 spiro atoms. The highest BCUT2D eigenvalue weighted by Crippen LogP contribution is 2.50. The minimum absolute atomic E-state index is 0.0918. The van der Waals surface area contributed by atoms with Gasteiger partial charge in [0.25, 0.3) is 0 Å². The number of rotatable bonds is 11. The first kappa shape index (κ1) is 33.1. The van der Waals surface area contributed by atoms with Gasteiger partial charge in [0, 0.05) is 6.20 Å². The van der Waals surface area contributed by atoms with Gasteiger partial charge in [-0.2, -0.15) is 15.3 Å². The highest BCUT2D eigenvalue weighted by Gasteiger charge is 2.67. The smallest absolute Gasteiger partial charge is 0.462 e. The molecule has 0 bridgehead atoms. The third kappa shape index (κ3) is 7.16. The topological polar surface area (TPSA) is 214 Å². The molecule has 4 N–H and O–H groups in total. The fourth-order valence-corrected chi connectivity index (χ4v) is 5.25. The van der Waals surface area contributed by atoms with Crippen molar-refractivity contribution in [2.24, 2.45) is 5.92 Å². The Balaban J connectivity index is 2.11. The molecule has 0 aliphatic carbocycles. The average molecular weight is 620 g/mol. The number of nitrogens with one attached hydrogen (secondary N) is 1. The van der Waals surface area contributed by atoms with Crippen LogP contribution >= 0.6 is 7.75 Å². The molecule has 43 heavy (non-hydrogen) atoms. The molecule has 0 amide bonds. The van der Waals surface area contributed by atoms with Crippen LogP contribution in [0.2, 0.25) is 0 Å². The second-order valence-corrected chi connectivity index (χ2v) is 12.0. The van der Waals surface area contributed by atoms with E-state index in [0.29, 0.717) is 10.8 Å². The van der Waals surface area contributed by atoms with Gasteiger partial charge < -0.3 is 34.1 Å². The van der Waals surface area contributed by atoms with Crippen molar-refractivity contribution in [2.45, 2.75) is 71.1 Å². The maximum absolute atomic E-state index is 14.0. The van der Waals surface area contributed by atoms with E-state index in [9.17, 15) is 29.3 Å². The molecule has 16 heteroatoms. The number of aromatic nitrogens is 2. The lowest BCUT2D eigenvalue weighted by atomic mass is 9.89. The number of para-hydroxylation sites is 1. The number of hydrogen-bond donors (Lipinski definition) is 3. The summed E-state index contributed by atoms with van der Waals surface area (Å²) in [5.74, 6) is -2.83. The molecule has 1 fully saturated rings. The van der Waals surface area contributed by atoms with Crippen molar-refractivity contribution < 1.29 is 42.5 Å². The average Bonchev–Trinajstić information content (AvgIpc) is 3.13. The predicted molar refractivity (Wildman–Crippen MR) is 151 cm³/mol. The minimum atomic E-state index is -4.52. The zero-order valence-corrected chi connectivity index (χ0v) is 25.3. The molecule has 1 saturated heterocycles. The van der Waals surface area contributed by atoms with E-state index in [-0.39, 0.29) is 11.6 Å². The third-order valence-electron chi connectivity index (χ3n) is 6.08. The van der Waals surface area contributed by atoms with E-state index in [1.807, 2.05) is 0 Å². The summed E-state index contributed by atoms with van der Waals surface area (Å²) in [7, 11) is -4.52. The highest BCUT2D eigenvalue weighted by atomic mass is 31.2. The first-order valence-corrected chi connectivity index (χ1v) is 14.7. The standard InChI is InChI=1S/C27H34N5O10P/c1-16(2)23(33)40-22-20(41-27(15-28,26(22,6)36)32-13-12-21(29)30-25(32)35)14-38-43(37,42-19-10-8-7-9-11-19)31-18(5)24(34)39-17(3)4/h7-14,16-18,22,36H,1-6H3,(H,31,37)(H2,29,30,35). The summed E-state index contributed by atoms with van der Waals surface area (Å²) in [6, 6.07) is 9.60. The Kier molecular flexibility index (Phi) is 9.91. The summed E-state index contributed by atoms with van der Waals surface area (Å²) in [6.45, 7) is 8.80. The number of esters is 2. The molecule has 15 nitrogen and oxygen atoms in total. The van der Waals surface area contributed by atoms with Gasteiger partial charge in [0.15, 0.2) is 17.5 Å². The Labute approximate surface area is 247 Å². The SMILES string of the molecule is CC(C)OC(=O)C(C)NP(=O)(OC=C1OC(C#N)(n2ccc(N)nc2=O)C(C)(O)C1OC(=O)C(C)C)Oc1ccccc1. The summed E-state index contributed by atoms with van der Waals surface area (Å²) in [5, 5.41) is 24.4. The molecule has 1 aromatic heterocycles.